The number of thiazole rings is 1. The van der Waals surface area contributed by atoms with Gasteiger partial charge < -0.3 is 10.6 Å². The number of nitrogens with zero attached hydrogens (tertiary/aromatic N) is 2. The molecule has 3 N–H and O–H groups in total. The Morgan fingerprint density at radius 2 is 2.12 bits per heavy atom. The number of urea groups is 1. The average Bonchev–Trinajstić information content (AvgIpc) is 2.96. The normalized spacial score (nSPS) is 15.6. The monoisotopic (exact) mass is 346 g/mol. The summed E-state index contributed by atoms with van der Waals surface area (Å²) in [4.78, 5) is 29.6. The number of carbonyl (C=O) groups excluding carboxylic acids is 2. The molecule has 1 aromatic heterocycles. The molecule has 128 valence electrons. The van der Waals surface area contributed by atoms with Crippen LogP contribution in [0.1, 0.15) is 31.7 Å². The van der Waals surface area contributed by atoms with Crippen LogP contribution in [0.5, 0.6) is 0 Å². The van der Waals surface area contributed by atoms with Crippen LogP contribution in [0.3, 0.4) is 0 Å². The minimum absolute atomic E-state index is 0.123. The van der Waals surface area contributed by atoms with Gasteiger partial charge in [0.2, 0.25) is 5.91 Å². The number of primary amides is 1. The summed E-state index contributed by atoms with van der Waals surface area (Å²) in [7, 11) is 0. The van der Waals surface area contributed by atoms with Gasteiger partial charge in [0.1, 0.15) is 0 Å². The number of rotatable bonds is 4. The largest absolute Gasteiger partial charge is 0.370 e. The molecule has 0 aliphatic carbocycles. The zero-order chi connectivity index (χ0) is 17.1. The number of nitrogens with two attached hydrogens (primary N) is 1. The summed E-state index contributed by atoms with van der Waals surface area (Å²) < 4.78 is 1.09. The molecule has 24 heavy (non-hydrogen) atoms. The molecule has 0 bridgehead atoms. The Balaban J connectivity index is 1.60. The number of benzene rings is 1. The summed E-state index contributed by atoms with van der Waals surface area (Å²) in [5.41, 5.74) is 7.41. The van der Waals surface area contributed by atoms with E-state index in [9.17, 15) is 9.59 Å². The van der Waals surface area contributed by atoms with E-state index < -0.39 is 0 Å². The Kier molecular flexibility index (Phi) is 4.99. The highest BCUT2D eigenvalue weighted by molar-refractivity contribution is 7.22. The van der Waals surface area contributed by atoms with E-state index in [0.29, 0.717) is 30.6 Å². The number of carbonyl (C=O) groups is 2. The van der Waals surface area contributed by atoms with Gasteiger partial charge in [0.15, 0.2) is 5.13 Å². The molecule has 3 rings (SSSR count). The zero-order valence-electron chi connectivity index (χ0n) is 13.7. The number of hydrogen-bond donors (Lipinski definition) is 2. The first-order valence-corrected chi connectivity index (χ1v) is 9.10. The van der Waals surface area contributed by atoms with Gasteiger partial charge in [-0.15, -0.1) is 0 Å². The molecule has 0 atom stereocenters. The second-order valence-electron chi connectivity index (χ2n) is 6.21. The van der Waals surface area contributed by atoms with Gasteiger partial charge in [-0.05, 0) is 42.9 Å². The number of nitrogens with one attached hydrogen (secondary N) is 1. The van der Waals surface area contributed by atoms with Gasteiger partial charge in [-0.2, -0.15) is 0 Å². The molecule has 2 aromatic rings. The van der Waals surface area contributed by atoms with Crippen molar-refractivity contribution in [1.29, 1.82) is 0 Å². The van der Waals surface area contributed by atoms with E-state index in [0.717, 1.165) is 29.5 Å². The SMILES string of the molecule is CCc1ccc2nc(NC(=O)N3CCC(CC(N)=O)CC3)sc2c1. The molecule has 3 amide bonds. The highest BCUT2D eigenvalue weighted by Crippen LogP contribution is 2.28. The fourth-order valence-electron chi connectivity index (χ4n) is 3.04. The molecule has 6 nitrogen and oxygen atoms in total. The molecule has 1 aliphatic heterocycles. The van der Waals surface area contributed by atoms with Crippen LogP contribution in [0.4, 0.5) is 9.93 Å². The Bertz CT molecular complexity index is 750. The summed E-state index contributed by atoms with van der Waals surface area (Å²) in [5.74, 6) is 0.0280. The van der Waals surface area contributed by atoms with Crippen LogP contribution in [0.2, 0.25) is 0 Å². The Morgan fingerprint density at radius 1 is 1.38 bits per heavy atom. The van der Waals surface area contributed by atoms with Crippen LogP contribution in [0, 0.1) is 5.92 Å². The van der Waals surface area contributed by atoms with Gasteiger partial charge in [0, 0.05) is 19.5 Å². The first-order valence-electron chi connectivity index (χ1n) is 8.29. The van der Waals surface area contributed by atoms with Crippen molar-refractivity contribution in [3.63, 3.8) is 0 Å². The van der Waals surface area contributed by atoms with E-state index >= 15 is 0 Å². The molecular formula is C17H22N4O2S. The first kappa shape index (κ1) is 16.7. The lowest BCUT2D eigenvalue weighted by atomic mass is 9.93. The fraction of sp³-hybridized carbons (Fsp3) is 0.471. The van der Waals surface area contributed by atoms with Gasteiger partial charge >= 0.3 is 6.03 Å². The highest BCUT2D eigenvalue weighted by atomic mass is 32.1. The number of anilines is 1. The van der Waals surface area contributed by atoms with E-state index in [-0.39, 0.29) is 11.9 Å². The maximum absolute atomic E-state index is 12.4. The Labute approximate surface area is 145 Å². The number of piperidine rings is 1. The van der Waals surface area contributed by atoms with Crippen LogP contribution < -0.4 is 11.1 Å². The minimum Gasteiger partial charge on any atom is -0.370 e. The number of amides is 3. The van der Waals surface area contributed by atoms with Crippen molar-refractivity contribution >= 4 is 38.6 Å². The van der Waals surface area contributed by atoms with E-state index in [4.69, 9.17) is 5.73 Å². The molecule has 1 aromatic carbocycles. The van der Waals surface area contributed by atoms with Gasteiger partial charge in [-0.1, -0.05) is 24.3 Å². The van der Waals surface area contributed by atoms with E-state index in [1.54, 1.807) is 4.90 Å². The highest BCUT2D eigenvalue weighted by Gasteiger charge is 2.24. The summed E-state index contributed by atoms with van der Waals surface area (Å²) in [6, 6.07) is 6.06. The van der Waals surface area contributed by atoms with Gasteiger partial charge in [-0.3, -0.25) is 10.1 Å². The number of fused-ring (bicyclic) bond motifs is 1. The third-order valence-corrected chi connectivity index (χ3v) is 5.40. The average molecular weight is 346 g/mol. The maximum Gasteiger partial charge on any atom is 0.323 e. The third kappa shape index (κ3) is 3.84. The second kappa shape index (κ2) is 7.17. The van der Waals surface area contributed by atoms with E-state index in [1.807, 2.05) is 6.07 Å². The Morgan fingerprint density at radius 3 is 2.79 bits per heavy atom. The van der Waals surface area contributed by atoms with E-state index in [1.165, 1.54) is 16.9 Å². The Hall–Kier alpha value is -2.15. The summed E-state index contributed by atoms with van der Waals surface area (Å²) >= 11 is 1.50. The predicted molar refractivity (Wildman–Crippen MR) is 96.1 cm³/mol. The quantitative estimate of drug-likeness (QED) is 0.892. The molecule has 1 saturated heterocycles. The maximum atomic E-state index is 12.4. The van der Waals surface area contributed by atoms with Crippen molar-refractivity contribution in [2.24, 2.45) is 11.7 Å². The van der Waals surface area contributed by atoms with Crippen molar-refractivity contribution in [2.45, 2.75) is 32.6 Å². The van der Waals surface area contributed by atoms with Gasteiger partial charge in [0.25, 0.3) is 0 Å². The molecule has 1 fully saturated rings. The summed E-state index contributed by atoms with van der Waals surface area (Å²) in [6.45, 7) is 3.41. The van der Waals surface area contributed by atoms with E-state index in [2.05, 4.69) is 29.4 Å². The lowest BCUT2D eigenvalue weighted by molar-refractivity contribution is -0.119. The fourth-order valence-corrected chi connectivity index (χ4v) is 3.96. The van der Waals surface area contributed by atoms with Crippen molar-refractivity contribution < 1.29 is 9.59 Å². The van der Waals surface area contributed by atoms with Gasteiger partial charge in [-0.25, -0.2) is 9.78 Å². The molecule has 2 heterocycles. The molecule has 7 heteroatoms. The molecule has 0 unspecified atom stereocenters. The van der Waals surface area contributed by atoms with Crippen LogP contribution in [0.15, 0.2) is 18.2 Å². The number of aromatic nitrogens is 1. The predicted octanol–water partition coefficient (Wildman–Crippen LogP) is 2.98. The molecule has 1 aliphatic rings. The van der Waals surface area contributed by atoms with Crippen LogP contribution in [0.25, 0.3) is 10.2 Å². The van der Waals surface area contributed by atoms with Crippen molar-refractivity contribution in [3.8, 4) is 0 Å². The first-order chi connectivity index (χ1) is 11.5. The number of likely N-dealkylation sites (tertiary alicyclic amines) is 1. The third-order valence-electron chi connectivity index (χ3n) is 4.47. The van der Waals surface area contributed by atoms with Crippen LogP contribution in [-0.4, -0.2) is 34.9 Å². The number of hydrogen-bond acceptors (Lipinski definition) is 4. The zero-order valence-corrected chi connectivity index (χ0v) is 14.6. The minimum atomic E-state index is -0.265. The summed E-state index contributed by atoms with van der Waals surface area (Å²) in [6.07, 6.45) is 3.02. The molecule has 0 spiro atoms. The lowest BCUT2D eigenvalue weighted by Gasteiger charge is -2.31. The molecule has 0 saturated carbocycles. The van der Waals surface area contributed by atoms with Crippen LogP contribution in [-0.2, 0) is 11.2 Å². The van der Waals surface area contributed by atoms with Crippen LogP contribution >= 0.6 is 11.3 Å². The van der Waals surface area contributed by atoms with Crippen molar-refractivity contribution in [3.05, 3.63) is 23.8 Å². The molecule has 0 radical (unpaired) electrons. The lowest BCUT2D eigenvalue weighted by Crippen LogP contribution is -2.41. The summed E-state index contributed by atoms with van der Waals surface area (Å²) in [5, 5.41) is 3.52. The topological polar surface area (TPSA) is 88.3 Å². The van der Waals surface area contributed by atoms with Crippen molar-refractivity contribution in [1.82, 2.24) is 9.88 Å². The standard InChI is InChI=1S/C17H22N4O2S/c1-2-11-3-4-13-14(9-11)24-16(19-13)20-17(23)21-7-5-12(6-8-21)10-15(18)22/h3-4,9,12H,2,5-8,10H2,1H3,(H2,18,22)(H,19,20,23). The number of aryl methyl sites for hydroxylation is 1. The van der Waals surface area contributed by atoms with Crippen molar-refractivity contribution in [2.75, 3.05) is 18.4 Å². The van der Waals surface area contributed by atoms with Gasteiger partial charge in [0.05, 0.1) is 10.2 Å². The smallest absolute Gasteiger partial charge is 0.323 e. The molecular weight excluding hydrogens is 324 g/mol. The second-order valence-corrected chi connectivity index (χ2v) is 7.24.